The van der Waals surface area contributed by atoms with Gasteiger partial charge >= 0.3 is 0 Å². The highest BCUT2D eigenvalue weighted by molar-refractivity contribution is 6.05. The van der Waals surface area contributed by atoms with Gasteiger partial charge in [0.05, 0.1) is 10.5 Å². The van der Waals surface area contributed by atoms with Crippen LogP contribution in [0.3, 0.4) is 0 Å². The molecule has 6 heteroatoms. The second kappa shape index (κ2) is 5.64. The molecule has 6 nitrogen and oxygen atoms in total. The van der Waals surface area contributed by atoms with E-state index >= 15 is 0 Å². The number of amides is 1. The minimum absolute atomic E-state index is 0.0626. The lowest BCUT2D eigenvalue weighted by Crippen LogP contribution is -2.26. The SMILES string of the molecule is CC(=O)NCCC1C=Cc2c(cccc2[N+](=O)[O-])C1=O. The number of fused-ring (bicyclic) bond motifs is 1. The number of nitrogens with zero attached hydrogens (tertiary/aromatic N) is 1. The van der Waals surface area contributed by atoms with Crippen molar-refractivity contribution < 1.29 is 14.5 Å². The summed E-state index contributed by atoms with van der Waals surface area (Å²) < 4.78 is 0. The highest BCUT2D eigenvalue weighted by atomic mass is 16.6. The van der Waals surface area contributed by atoms with Gasteiger partial charge in [-0.1, -0.05) is 24.3 Å². The maximum Gasteiger partial charge on any atom is 0.277 e. The molecule has 2 rings (SSSR count). The van der Waals surface area contributed by atoms with E-state index in [9.17, 15) is 19.7 Å². The number of benzene rings is 1. The zero-order valence-corrected chi connectivity index (χ0v) is 11.0. The lowest BCUT2D eigenvalue weighted by Gasteiger charge is -2.18. The molecule has 1 aliphatic carbocycles. The van der Waals surface area contributed by atoms with Gasteiger partial charge < -0.3 is 5.32 Å². The van der Waals surface area contributed by atoms with Gasteiger partial charge in [0.15, 0.2) is 5.78 Å². The Labute approximate surface area is 115 Å². The molecule has 1 unspecified atom stereocenters. The van der Waals surface area contributed by atoms with Gasteiger partial charge in [-0.3, -0.25) is 19.7 Å². The van der Waals surface area contributed by atoms with Crippen molar-refractivity contribution in [1.82, 2.24) is 5.32 Å². The van der Waals surface area contributed by atoms with Gasteiger partial charge in [-0.25, -0.2) is 0 Å². The summed E-state index contributed by atoms with van der Waals surface area (Å²) in [6, 6.07) is 4.49. The van der Waals surface area contributed by atoms with Crippen LogP contribution < -0.4 is 5.32 Å². The van der Waals surface area contributed by atoms with E-state index in [0.717, 1.165) is 0 Å². The number of hydrogen-bond donors (Lipinski definition) is 1. The van der Waals surface area contributed by atoms with E-state index in [4.69, 9.17) is 0 Å². The molecule has 0 fully saturated rings. The number of carbonyl (C=O) groups is 2. The number of hydrogen-bond acceptors (Lipinski definition) is 4. The minimum Gasteiger partial charge on any atom is -0.356 e. The molecule has 1 aliphatic rings. The average Bonchev–Trinajstić information content (AvgIpc) is 2.40. The standard InChI is InChI=1S/C14H14N2O4/c1-9(17)15-8-7-10-5-6-11-12(14(10)18)3-2-4-13(11)16(19)20/h2-6,10H,7-8H2,1H3,(H,15,17). The van der Waals surface area contributed by atoms with E-state index in [-0.39, 0.29) is 23.3 Å². The highest BCUT2D eigenvalue weighted by Crippen LogP contribution is 2.31. The fraction of sp³-hybridized carbons (Fsp3) is 0.286. The van der Waals surface area contributed by atoms with Crippen molar-refractivity contribution in [2.75, 3.05) is 6.54 Å². The van der Waals surface area contributed by atoms with Gasteiger partial charge in [0.1, 0.15) is 0 Å². The molecule has 0 aliphatic heterocycles. The molecule has 104 valence electrons. The van der Waals surface area contributed by atoms with Crippen LogP contribution in [0.1, 0.15) is 29.3 Å². The van der Waals surface area contributed by atoms with E-state index in [0.29, 0.717) is 24.1 Å². The number of nitro groups is 1. The van der Waals surface area contributed by atoms with Crippen LogP contribution in [-0.4, -0.2) is 23.2 Å². The summed E-state index contributed by atoms with van der Waals surface area (Å²) in [6.07, 6.45) is 3.77. The first-order valence-electron chi connectivity index (χ1n) is 6.25. The Morgan fingerprint density at radius 2 is 2.20 bits per heavy atom. The molecule has 1 atom stereocenters. The predicted molar refractivity (Wildman–Crippen MR) is 73.3 cm³/mol. The van der Waals surface area contributed by atoms with Crippen molar-refractivity contribution in [3.05, 3.63) is 45.5 Å². The third-order valence-electron chi connectivity index (χ3n) is 3.21. The Morgan fingerprint density at radius 3 is 2.85 bits per heavy atom. The molecule has 1 N–H and O–H groups in total. The van der Waals surface area contributed by atoms with Crippen LogP contribution in [0.15, 0.2) is 24.3 Å². The minimum atomic E-state index is -0.492. The van der Waals surface area contributed by atoms with E-state index in [1.807, 2.05) is 0 Å². The normalized spacial score (nSPS) is 16.6. The van der Waals surface area contributed by atoms with Crippen molar-refractivity contribution in [2.45, 2.75) is 13.3 Å². The third-order valence-corrected chi connectivity index (χ3v) is 3.21. The van der Waals surface area contributed by atoms with Crippen LogP contribution in [-0.2, 0) is 4.79 Å². The number of ketones is 1. The zero-order chi connectivity index (χ0) is 14.7. The van der Waals surface area contributed by atoms with Crippen molar-refractivity contribution >= 4 is 23.5 Å². The highest BCUT2D eigenvalue weighted by Gasteiger charge is 2.27. The van der Waals surface area contributed by atoms with E-state index in [1.54, 1.807) is 18.2 Å². The summed E-state index contributed by atoms with van der Waals surface area (Å²) in [5.74, 6) is -0.638. The third kappa shape index (κ3) is 2.74. The lowest BCUT2D eigenvalue weighted by atomic mass is 9.86. The summed E-state index contributed by atoms with van der Waals surface area (Å²) in [5.41, 5.74) is 0.667. The molecule has 0 saturated carbocycles. The van der Waals surface area contributed by atoms with Crippen LogP contribution >= 0.6 is 0 Å². The number of Topliss-reactive ketones (excluding diaryl/α,β-unsaturated/α-hetero) is 1. The number of nitrogens with one attached hydrogen (secondary N) is 1. The zero-order valence-electron chi connectivity index (χ0n) is 11.0. The van der Waals surface area contributed by atoms with Gasteiger partial charge in [0, 0.05) is 31.0 Å². The molecule has 20 heavy (non-hydrogen) atoms. The Bertz CT molecular complexity index is 607. The topological polar surface area (TPSA) is 89.3 Å². The van der Waals surface area contributed by atoms with Gasteiger partial charge in [0.2, 0.25) is 5.91 Å². The summed E-state index contributed by atoms with van der Waals surface area (Å²) >= 11 is 0. The summed E-state index contributed by atoms with van der Waals surface area (Å²) in [4.78, 5) is 33.5. The Morgan fingerprint density at radius 1 is 1.45 bits per heavy atom. The predicted octanol–water partition coefficient (Wildman–Crippen LogP) is 1.95. The Balaban J connectivity index is 2.21. The van der Waals surface area contributed by atoms with Crippen LogP contribution in [0.2, 0.25) is 0 Å². The number of nitro benzene ring substituents is 1. The molecule has 0 bridgehead atoms. The van der Waals surface area contributed by atoms with E-state index < -0.39 is 4.92 Å². The maximum absolute atomic E-state index is 12.3. The number of rotatable bonds is 4. The fourth-order valence-corrected chi connectivity index (χ4v) is 2.23. The Kier molecular flexibility index (Phi) is 3.93. The van der Waals surface area contributed by atoms with Crippen LogP contribution in [0.25, 0.3) is 6.08 Å². The van der Waals surface area contributed by atoms with Crippen molar-refractivity contribution in [3.63, 3.8) is 0 Å². The molecule has 0 radical (unpaired) electrons. The first-order valence-corrected chi connectivity index (χ1v) is 6.25. The second-order valence-corrected chi connectivity index (χ2v) is 4.60. The fourth-order valence-electron chi connectivity index (χ4n) is 2.23. The quantitative estimate of drug-likeness (QED) is 0.671. The maximum atomic E-state index is 12.3. The molecular formula is C14H14N2O4. The monoisotopic (exact) mass is 274 g/mol. The molecule has 0 heterocycles. The van der Waals surface area contributed by atoms with Crippen molar-refractivity contribution in [2.24, 2.45) is 5.92 Å². The van der Waals surface area contributed by atoms with Crippen LogP contribution in [0, 0.1) is 16.0 Å². The van der Waals surface area contributed by atoms with E-state index in [2.05, 4.69) is 5.32 Å². The van der Waals surface area contributed by atoms with Gasteiger partial charge in [0.25, 0.3) is 5.69 Å². The van der Waals surface area contributed by atoms with Crippen molar-refractivity contribution in [1.29, 1.82) is 0 Å². The molecule has 1 aromatic rings. The summed E-state index contributed by atoms with van der Waals surface area (Å²) in [5, 5.41) is 13.6. The lowest BCUT2D eigenvalue weighted by molar-refractivity contribution is -0.385. The molecule has 1 aromatic carbocycles. The smallest absolute Gasteiger partial charge is 0.277 e. The number of carbonyl (C=O) groups excluding carboxylic acids is 2. The van der Waals surface area contributed by atoms with Crippen molar-refractivity contribution in [3.8, 4) is 0 Å². The van der Waals surface area contributed by atoms with Gasteiger partial charge in [-0.15, -0.1) is 0 Å². The van der Waals surface area contributed by atoms with Crippen LogP contribution in [0.4, 0.5) is 5.69 Å². The summed E-state index contributed by atoms with van der Waals surface area (Å²) in [7, 11) is 0. The number of allylic oxidation sites excluding steroid dienone is 1. The van der Waals surface area contributed by atoms with Gasteiger partial charge in [-0.05, 0) is 6.42 Å². The first kappa shape index (κ1) is 13.9. The molecule has 1 amide bonds. The largest absolute Gasteiger partial charge is 0.356 e. The molecule has 0 aromatic heterocycles. The second-order valence-electron chi connectivity index (χ2n) is 4.60. The van der Waals surface area contributed by atoms with Gasteiger partial charge in [-0.2, -0.15) is 0 Å². The molecular weight excluding hydrogens is 260 g/mol. The first-order chi connectivity index (χ1) is 9.50. The van der Waals surface area contributed by atoms with E-state index in [1.165, 1.54) is 19.1 Å². The summed E-state index contributed by atoms with van der Waals surface area (Å²) in [6.45, 7) is 1.82. The molecule has 0 saturated heterocycles. The Hall–Kier alpha value is -2.50. The molecule has 0 spiro atoms. The average molecular weight is 274 g/mol. The van der Waals surface area contributed by atoms with Crippen LogP contribution in [0.5, 0.6) is 0 Å².